The van der Waals surface area contributed by atoms with Gasteiger partial charge in [-0.15, -0.1) is 0 Å². The van der Waals surface area contributed by atoms with Crippen LogP contribution in [0, 0.1) is 11.8 Å². The molecule has 3 aromatic rings. The highest BCUT2D eigenvalue weighted by atomic mass is 32.1. The Bertz CT molecular complexity index is 1370. The van der Waals surface area contributed by atoms with E-state index in [4.69, 9.17) is 4.74 Å². The zero-order valence-corrected chi connectivity index (χ0v) is 22.6. The summed E-state index contributed by atoms with van der Waals surface area (Å²) in [6, 6.07) is 11.0. The molecule has 2 saturated carbocycles. The van der Waals surface area contributed by atoms with Gasteiger partial charge in [-0.05, 0) is 56.0 Å². The average molecular weight is 555 g/mol. The first-order chi connectivity index (χ1) is 18.8. The van der Waals surface area contributed by atoms with Crippen LogP contribution in [0.25, 0.3) is 10.2 Å². The fraction of sp³-hybridized carbons (Fsp3) is 0.464. The number of aliphatic hydroxyl groups is 1. The van der Waals surface area contributed by atoms with Gasteiger partial charge >= 0.3 is 4.87 Å². The third-order valence-electron chi connectivity index (χ3n) is 8.12. The van der Waals surface area contributed by atoms with Gasteiger partial charge in [0.2, 0.25) is 5.91 Å². The van der Waals surface area contributed by atoms with Crippen LogP contribution in [0.2, 0.25) is 0 Å². The summed E-state index contributed by atoms with van der Waals surface area (Å²) in [5, 5.41) is 26.7. The standard InChI is InChI=1S/C28H34N4O6S/c1-32(21-12-17-4-7-19(21)26(17)38-15-33)11-10-24(36)30-18-5-2-16(3-6-18)13-29-14-23(35)20-8-9-22(34)25-27(20)39-28(37)31-25/h2-3,5-6,8-9,15,17,19,21,23,26,29,34-35H,4,7,10-14H2,1H3,(H,30,36)(H,31,37)/t17-,19+,21-,23+,26+/m0/s1. The second kappa shape index (κ2) is 11.9. The SMILES string of the molecule is CN(CCC(=O)Nc1ccc(CNC[C@@H](O)c2ccc(O)c3[nH]c(=O)sc23)cc1)[C@H]1C[C@@H]2CC[C@H]1[C@@H]2OC=O. The van der Waals surface area contributed by atoms with Crippen molar-refractivity contribution in [3.8, 4) is 5.75 Å². The number of aromatic hydroxyl groups is 1. The van der Waals surface area contributed by atoms with Crippen LogP contribution < -0.4 is 15.5 Å². The molecule has 2 aliphatic carbocycles. The molecule has 39 heavy (non-hydrogen) atoms. The highest BCUT2D eigenvalue weighted by Crippen LogP contribution is 2.48. The van der Waals surface area contributed by atoms with Gasteiger partial charge < -0.3 is 35.5 Å². The van der Waals surface area contributed by atoms with Crippen LogP contribution in [0.5, 0.6) is 5.75 Å². The van der Waals surface area contributed by atoms with Gasteiger partial charge in [0.05, 0.1) is 10.8 Å². The number of hydrogen-bond donors (Lipinski definition) is 5. The molecule has 11 heteroatoms. The molecular formula is C28H34N4O6S. The van der Waals surface area contributed by atoms with Crippen LogP contribution in [0.4, 0.5) is 5.69 Å². The molecule has 5 rings (SSSR count). The maximum absolute atomic E-state index is 12.6. The van der Waals surface area contributed by atoms with Crippen molar-refractivity contribution < 1.29 is 24.5 Å². The van der Waals surface area contributed by atoms with Crippen molar-refractivity contribution >= 4 is 39.6 Å². The number of benzene rings is 2. The quantitative estimate of drug-likeness (QED) is 0.215. The Hall–Kier alpha value is -3.25. The van der Waals surface area contributed by atoms with Crippen LogP contribution >= 0.6 is 11.3 Å². The number of fused-ring (bicyclic) bond motifs is 3. The fourth-order valence-electron chi connectivity index (χ4n) is 6.15. The van der Waals surface area contributed by atoms with Crippen molar-refractivity contribution in [2.75, 3.05) is 25.5 Å². The van der Waals surface area contributed by atoms with E-state index in [0.29, 0.717) is 59.6 Å². The van der Waals surface area contributed by atoms with Crippen LogP contribution in [0.15, 0.2) is 41.2 Å². The van der Waals surface area contributed by atoms with E-state index in [0.717, 1.165) is 41.9 Å². The number of phenols is 1. The van der Waals surface area contributed by atoms with Crippen molar-refractivity contribution in [1.82, 2.24) is 15.2 Å². The summed E-state index contributed by atoms with van der Waals surface area (Å²) in [4.78, 5) is 39.6. The number of anilines is 1. The number of nitrogens with one attached hydrogen (secondary N) is 3. The van der Waals surface area contributed by atoms with E-state index in [1.807, 2.05) is 31.3 Å². The monoisotopic (exact) mass is 554 g/mol. The van der Waals surface area contributed by atoms with E-state index in [9.17, 15) is 24.6 Å². The third kappa shape index (κ3) is 6.01. The Morgan fingerprint density at radius 1 is 1.26 bits per heavy atom. The largest absolute Gasteiger partial charge is 0.506 e. The van der Waals surface area contributed by atoms with E-state index in [-0.39, 0.29) is 29.2 Å². The molecular weight excluding hydrogens is 520 g/mol. The molecule has 0 aliphatic heterocycles. The number of amides is 1. The fourth-order valence-corrected chi connectivity index (χ4v) is 7.07. The minimum Gasteiger partial charge on any atom is -0.506 e. The van der Waals surface area contributed by atoms with E-state index >= 15 is 0 Å². The Morgan fingerprint density at radius 2 is 2.05 bits per heavy atom. The lowest BCUT2D eigenvalue weighted by Crippen LogP contribution is -2.39. The number of rotatable bonds is 12. The van der Waals surface area contributed by atoms with E-state index in [1.54, 1.807) is 6.07 Å². The summed E-state index contributed by atoms with van der Waals surface area (Å²) in [6.07, 6.45) is 2.75. The van der Waals surface area contributed by atoms with Gasteiger partial charge in [-0.2, -0.15) is 0 Å². The second-order valence-corrected chi connectivity index (χ2v) is 11.5. The molecule has 10 nitrogen and oxygen atoms in total. The molecule has 208 valence electrons. The number of aromatic nitrogens is 1. The molecule has 0 saturated heterocycles. The van der Waals surface area contributed by atoms with Crippen LogP contribution in [0.1, 0.15) is 42.9 Å². The minimum atomic E-state index is -0.848. The minimum absolute atomic E-state index is 0.0218. The molecule has 1 amide bonds. The number of phenolic OH excluding ortho intramolecular Hbond substituents is 1. The van der Waals surface area contributed by atoms with Gasteiger partial charge in [-0.3, -0.25) is 14.4 Å². The predicted octanol–water partition coefficient (Wildman–Crippen LogP) is 2.72. The molecule has 1 aromatic heterocycles. The first-order valence-corrected chi connectivity index (χ1v) is 14.1. The molecule has 2 bridgehead atoms. The van der Waals surface area contributed by atoms with Gasteiger partial charge in [0.15, 0.2) is 0 Å². The van der Waals surface area contributed by atoms with Crippen molar-refractivity contribution in [3.05, 3.63) is 57.2 Å². The van der Waals surface area contributed by atoms with Crippen LogP contribution in [-0.4, -0.2) is 64.8 Å². The molecule has 2 fully saturated rings. The second-order valence-electron chi connectivity index (χ2n) is 10.5. The highest BCUT2D eigenvalue weighted by molar-refractivity contribution is 7.16. The van der Waals surface area contributed by atoms with Crippen molar-refractivity contribution in [2.45, 2.75) is 50.5 Å². The summed E-state index contributed by atoms with van der Waals surface area (Å²) >= 11 is 0.961. The number of nitrogens with zero attached hydrogens (tertiary/aromatic N) is 1. The zero-order chi connectivity index (χ0) is 27.5. The van der Waals surface area contributed by atoms with Crippen molar-refractivity contribution in [1.29, 1.82) is 0 Å². The summed E-state index contributed by atoms with van der Waals surface area (Å²) in [5.74, 6) is 0.726. The molecule has 2 aliphatic rings. The molecule has 0 radical (unpaired) electrons. The van der Waals surface area contributed by atoms with Gasteiger partial charge in [-0.25, -0.2) is 0 Å². The summed E-state index contributed by atoms with van der Waals surface area (Å²) < 4.78 is 5.89. The average Bonchev–Trinajstić information content (AvgIpc) is 3.61. The Morgan fingerprint density at radius 3 is 2.82 bits per heavy atom. The number of aromatic amines is 1. The van der Waals surface area contributed by atoms with Crippen LogP contribution in [0.3, 0.4) is 0 Å². The predicted molar refractivity (Wildman–Crippen MR) is 149 cm³/mol. The lowest BCUT2D eigenvalue weighted by molar-refractivity contribution is -0.135. The first kappa shape index (κ1) is 27.3. The van der Waals surface area contributed by atoms with Crippen molar-refractivity contribution in [3.63, 3.8) is 0 Å². The number of thiazole rings is 1. The first-order valence-electron chi connectivity index (χ1n) is 13.3. The van der Waals surface area contributed by atoms with E-state index < -0.39 is 6.10 Å². The van der Waals surface area contributed by atoms with Gasteiger partial charge in [0.1, 0.15) is 17.4 Å². The number of ether oxygens (including phenoxy) is 1. The Labute approximate surface area is 230 Å². The number of aliphatic hydroxyl groups excluding tert-OH is 1. The Kier molecular flexibility index (Phi) is 8.31. The maximum atomic E-state index is 12.6. The summed E-state index contributed by atoms with van der Waals surface area (Å²) in [6.45, 7) is 1.99. The third-order valence-corrected chi connectivity index (χ3v) is 9.05. The van der Waals surface area contributed by atoms with Gasteiger partial charge in [0.25, 0.3) is 6.47 Å². The van der Waals surface area contributed by atoms with Gasteiger partial charge in [-0.1, -0.05) is 29.5 Å². The molecule has 0 unspecified atom stereocenters. The molecule has 5 atom stereocenters. The zero-order valence-electron chi connectivity index (χ0n) is 21.8. The van der Waals surface area contributed by atoms with Gasteiger partial charge in [0, 0.05) is 49.3 Å². The van der Waals surface area contributed by atoms with E-state index in [1.165, 1.54) is 6.07 Å². The maximum Gasteiger partial charge on any atom is 0.305 e. The summed E-state index contributed by atoms with van der Waals surface area (Å²) in [7, 11) is 2.04. The topological polar surface area (TPSA) is 144 Å². The van der Waals surface area contributed by atoms with E-state index in [2.05, 4.69) is 20.5 Å². The number of H-pyrrole nitrogens is 1. The number of carbonyl (C=O) groups excluding carboxylic acids is 2. The smallest absolute Gasteiger partial charge is 0.305 e. The highest BCUT2D eigenvalue weighted by Gasteiger charge is 2.50. The molecule has 2 aromatic carbocycles. The molecule has 5 N–H and O–H groups in total. The normalized spacial score (nSPS) is 22.8. The number of hydrogen-bond acceptors (Lipinski definition) is 9. The number of carbonyl (C=O) groups is 2. The van der Waals surface area contributed by atoms with Crippen molar-refractivity contribution in [2.24, 2.45) is 11.8 Å². The lowest BCUT2D eigenvalue weighted by Gasteiger charge is -2.31. The molecule has 0 spiro atoms. The Balaban J connectivity index is 1.05. The summed E-state index contributed by atoms with van der Waals surface area (Å²) in [5.41, 5.74) is 2.64. The molecule has 1 heterocycles. The van der Waals surface area contributed by atoms with Crippen LogP contribution in [-0.2, 0) is 20.9 Å². The lowest BCUT2D eigenvalue weighted by atomic mass is 9.94.